The molecule has 0 saturated carbocycles. The molecule has 0 aromatic carbocycles. The zero-order chi connectivity index (χ0) is 10.8. The van der Waals surface area contributed by atoms with Crippen LogP contribution in [-0.2, 0) is 0 Å². The van der Waals surface area contributed by atoms with E-state index in [2.05, 4.69) is 28.7 Å². The molecule has 2 heterocycles. The van der Waals surface area contributed by atoms with Gasteiger partial charge in [0.25, 0.3) is 0 Å². The molecule has 0 amide bonds. The lowest BCUT2D eigenvalue weighted by Gasteiger charge is -2.27. The number of halogens is 1. The van der Waals surface area contributed by atoms with Crippen LogP contribution in [-0.4, -0.2) is 27.5 Å². The number of likely N-dealkylation sites (tertiary alicyclic amines) is 1. The van der Waals surface area contributed by atoms with Crippen LogP contribution in [0.5, 0.6) is 0 Å². The van der Waals surface area contributed by atoms with Crippen molar-refractivity contribution in [2.45, 2.75) is 38.8 Å². The smallest absolute Gasteiger partial charge is 0.152 e. The highest BCUT2D eigenvalue weighted by atomic mass is 35.5. The molecule has 1 aromatic heterocycles. The van der Waals surface area contributed by atoms with Crippen molar-refractivity contribution in [3.8, 4) is 0 Å². The summed E-state index contributed by atoms with van der Waals surface area (Å²) in [7, 11) is 0. The van der Waals surface area contributed by atoms with Gasteiger partial charge in [0.05, 0.1) is 11.7 Å². The Morgan fingerprint density at radius 3 is 2.80 bits per heavy atom. The normalized spacial score (nSPS) is 22.5. The molecule has 0 N–H and O–H groups in total. The second kappa shape index (κ2) is 4.45. The molecule has 0 bridgehead atoms. The molecular formula is C11H16ClN3. The molecule has 0 spiro atoms. The third kappa shape index (κ3) is 2.13. The predicted molar refractivity (Wildman–Crippen MR) is 60.9 cm³/mol. The van der Waals surface area contributed by atoms with E-state index in [1.807, 2.05) is 0 Å². The molecule has 1 unspecified atom stereocenters. The molecule has 4 heteroatoms. The van der Waals surface area contributed by atoms with Crippen molar-refractivity contribution in [2.75, 3.05) is 6.54 Å². The third-order valence-corrected chi connectivity index (χ3v) is 3.24. The number of aromatic nitrogens is 2. The zero-order valence-corrected chi connectivity index (χ0v) is 9.91. The molecule has 15 heavy (non-hydrogen) atoms. The quantitative estimate of drug-likeness (QED) is 0.775. The van der Waals surface area contributed by atoms with Crippen molar-refractivity contribution in [3.05, 3.63) is 23.2 Å². The van der Waals surface area contributed by atoms with Crippen LogP contribution in [0.15, 0.2) is 12.4 Å². The summed E-state index contributed by atoms with van der Waals surface area (Å²) in [4.78, 5) is 10.9. The lowest BCUT2D eigenvalue weighted by Crippen LogP contribution is -2.30. The van der Waals surface area contributed by atoms with E-state index in [0.29, 0.717) is 17.2 Å². The van der Waals surface area contributed by atoms with Crippen LogP contribution in [0.1, 0.15) is 38.4 Å². The SMILES string of the molecule is CC(C)N1CCCC1c1nccnc1Cl. The fourth-order valence-corrected chi connectivity index (χ4v) is 2.49. The number of nitrogens with zero attached hydrogens (tertiary/aromatic N) is 3. The summed E-state index contributed by atoms with van der Waals surface area (Å²) >= 11 is 6.07. The van der Waals surface area contributed by atoms with E-state index in [1.54, 1.807) is 12.4 Å². The first-order chi connectivity index (χ1) is 7.20. The van der Waals surface area contributed by atoms with Gasteiger partial charge in [-0.05, 0) is 33.2 Å². The predicted octanol–water partition coefficient (Wildman–Crippen LogP) is 2.68. The van der Waals surface area contributed by atoms with Crippen molar-refractivity contribution in [1.82, 2.24) is 14.9 Å². The Balaban J connectivity index is 2.27. The van der Waals surface area contributed by atoms with Crippen LogP contribution in [0.3, 0.4) is 0 Å². The molecule has 1 aliphatic rings. The van der Waals surface area contributed by atoms with Gasteiger partial charge >= 0.3 is 0 Å². The first-order valence-corrected chi connectivity index (χ1v) is 5.80. The first-order valence-electron chi connectivity index (χ1n) is 5.42. The van der Waals surface area contributed by atoms with Gasteiger partial charge < -0.3 is 0 Å². The second-order valence-electron chi connectivity index (χ2n) is 4.22. The largest absolute Gasteiger partial charge is 0.292 e. The lowest BCUT2D eigenvalue weighted by atomic mass is 10.1. The summed E-state index contributed by atoms with van der Waals surface area (Å²) < 4.78 is 0. The summed E-state index contributed by atoms with van der Waals surface area (Å²) in [6.07, 6.45) is 5.71. The number of hydrogen-bond donors (Lipinski definition) is 0. The summed E-state index contributed by atoms with van der Waals surface area (Å²) in [6, 6.07) is 0.891. The molecule has 0 aliphatic carbocycles. The summed E-state index contributed by atoms with van der Waals surface area (Å²) in [5, 5.41) is 0.551. The van der Waals surface area contributed by atoms with Gasteiger partial charge in [-0.3, -0.25) is 9.88 Å². The van der Waals surface area contributed by atoms with Crippen LogP contribution >= 0.6 is 11.6 Å². The maximum atomic E-state index is 6.07. The van der Waals surface area contributed by atoms with Crippen molar-refractivity contribution in [2.24, 2.45) is 0 Å². The summed E-state index contributed by atoms with van der Waals surface area (Å²) in [5.41, 5.74) is 0.936. The Bertz CT molecular complexity index is 340. The van der Waals surface area contributed by atoms with E-state index in [1.165, 1.54) is 6.42 Å². The minimum Gasteiger partial charge on any atom is -0.292 e. The molecule has 0 radical (unpaired) electrons. The van der Waals surface area contributed by atoms with Crippen LogP contribution in [0, 0.1) is 0 Å². The molecule has 1 atom stereocenters. The monoisotopic (exact) mass is 225 g/mol. The van der Waals surface area contributed by atoms with E-state index in [-0.39, 0.29) is 0 Å². The second-order valence-corrected chi connectivity index (χ2v) is 4.58. The first kappa shape index (κ1) is 10.8. The highest BCUT2D eigenvalue weighted by Gasteiger charge is 2.30. The summed E-state index contributed by atoms with van der Waals surface area (Å²) in [6.45, 7) is 5.56. The lowest BCUT2D eigenvalue weighted by molar-refractivity contribution is 0.202. The van der Waals surface area contributed by atoms with Gasteiger partial charge in [0.15, 0.2) is 5.15 Å². The fraction of sp³-hybridized carbons (Fsp3) is 0.636. The Hall–Kier alpha value is -0.670. The van der Waals surface area contributed by atoms with Gasteiger partial charge in [0.1, 0.15) is 0 Å². The minimum absolute atomic E-state index is 0.353. The molecule has 2 rings (SSSR count). The highest BCUT2D eigenvalue weighted by Crippen LogP contribution is 2.34. The van der Waals surface area contributed by atoms with Gasteiger partial charge in [-0.2, -0.15) is 0 Å². The van der Waals surface area contributed by atoms with Crippen molar-refractivity contribution < 1.29 is 0 Å². The fourth-order valence-electron chi connectivity index (χ4n) is 2.26. The molecule has 82 valence electrons. The van der Waals surface area contributed by atoms with Gasteiger partial charge in [0, 0.05) is 18.4 Å². The van der Waals surface area contributed by atoms with Crippen LogP contribution < -0.4 is 0 Å². The Morgan fingerprint density at radius 2 is 2.13 bits per heavy atom. The molecule has 1 saturated heterocycles. The van der Waals surface area contributed by atoms with Crippen LogP contribution in [0.25, 0.3) is 0 Å². The highest BCUT2D eigenvalue weighted by molar-refractivity contribution is 6.30. The van der Waals surface area contributed by atoms with Gasteiger partial charge in [0.2, 0.25) is 0 Å². The topological polar surface area (TPSA) is 29.0 Å². The molecular weight excluding hydrogens is 210 g/mol. The van der Waals surface area contributed by atoms with E-state index < -0.39 is 0 Å². The zero-order valence-electron chi connectivity index (χ0n) is 9.15. The Labute approximate surface area is 95.5 Å². The van der Waals surface area contributed by atoms with E-state index >= 15 is 0 Å². The third-order valence-electron chi connectivity index (χ3n) is 2.95. The van der Waals surface area contributed by atoms with E-state index in [0.717, 1.165) is 18.7 Å². The standard InChI is InChI=1S/C11H16ClN3/c1-8(2)15-7-3-4-9(15)10-11(12)14-6-5-13-10/h5-6,8-9H,3-4,7H2,1-2H3. The molecule has 1 aliphatic heterocycles. The average Bonchev–Trinajstić information content (AvgIpc) is 2.67. The van der Waals surface area contributed by atoms with E-state index in [4.69, 9.17) is 11.6 Å². The molecule has 1 aromatic rings. The van der Waals surface area contributed by atoms with Crippen LogP contribution in [0.2, 0.25) is 5.15 Å². The van der Waals surface area contributed by atoms with Gasteiger partial charge in [-0.25, -0.2) is 4.98 Å². The molecule has 1 fully saturated rings. The Kier molecular flexibility index (Phi) is 3.22. The van der Waals surface area contributed by atoms with Crippen LogP contribution in [0.4, 0.5) is 0 Å². The maximum absolute atomic E-state index is 6.07. The average molecular weight is 226 g/mol. The number of hydrogen-bond acceptors (Lipinski definition) is 3. The van der Waals surface area contributed by atoms with Gasteiger partial charge in [-0.1, -0.05) is 11.6 Å². The maximum Gasteiger partial charge on any atom is 0.152 e. The van der Waals surface area contributed by atoms with Crippen molar-refractivity contribution >= 4 is 11.6 Å². The summed E-state index contributed by atoms with van der Waals surface area (Å²) in [5.74, 6) is 0. The van der Waals surface area contributed by atoms with Crippen molar-refractivity contribution in [1.29, 1.82) is 0 Å². The molecule has 3 nitrogen and oxygen atoms in total. The Morgan fingerprint density at radius 1 is 1.40 bits per heavy atom. The van der Waals surface area contributed by atoms with Crippen molar-refractivity contribution in [3.63, 3.8) is 0 Å². The minimum atomic E-state index is 0.353. The number of rotatable bonds is 2. The van der Waals surface area contributed by atoms with Gasteiger partial charge in [-0.15, -0.1) is 0 Å². The van der Waals surface area contributed by atoms with E-state index in [9.17, 15) is 0 Å².